The Balaban J connectivity index is 0.000000269. The summed E-state index contributed by atoms with van der Waals surface area (Å²) in [4.78, 5) is 0. The Morgan fingerprint density at radius 3 is 1.88 bits per heavy atom. The molecule has 130 valence electrons. The highest BCUT2D eigenvalue weighted by molar-refractivity contribution is 5.71. The minimum atomic E-state index is 0.611. The Morgan fingerprint density at radius 1 is 0.680 bits per heavy atom. The van der Waals surface area contributed by atoms with Gasteiger partial charge in [0, 0.05) is 0 Å². The molecule has 0 fully saturated rings. The zero-order valence-electron chi connectivity index (χ0n) is 16.2. The summed E-state index contributed by atoms with van der Waals surface area (Å²) < 4.78 is 0. The molecule has 0 radical (unpaired) electrons. The fourth-order valence-corrected chi connectivity index (χ4v) is 2.96. The van der Waals surface area contributed by atoms with Crippen molar-refractivity contribution in [1.82, 2.24) is 0 Å². The predicted molar refractivity (Wildman–Crippen MR) is 111 cm³/mol. The lowest BCUT2D eigenvalue weighted by Gasteiger charge is -2.17. The Morgan fingerprint density at radius 2 is 1.32 bits per heavy atom. The van der Waals surface area contributed by atoms with E-state index in [0.717, 1.165) is 0 Å². The van der Waals surface area contributed by atoms with Gasteiger partial charge in [0.25, 0.3) is 0 Å². The molecule has 3 aromatic rings. The van der Waals surface area contributed by atoms with Crippen molar-refractivity contribution in [2.24, 2.45) is 0 Å². The Bertz CT molecular complexity index is 784. The SMILES string of the molecule is CCC(C)c1ccc(C)cc1-c1ccccc1C.Cc1ccccc1. The van der Waals surface area contributed by atoms with E-state index in [-0.39, 0.29) is 0 Å². The summed E-state index contributed by atoms with van der Waals surface area (Å²) in [5, 5.41) is 0. The number of hydrogen-bond acceptors (Lipinski definition) is 0. The minimum Gasteiger partial charge on any atom is -0.0648 e. The molecular formula is C25H30. The molecule has 0 saturated heterocycles. The average Bonchev–Trinajstić information content (AvgIpc) is 2.62. The van der Waals surface area contributed by atoms with E-state index in [1.807, 2.05) is 18.2 Å². The van der Waals surface area contributed by atoms with Gasteiger partial charge < -0.3 is 0 Å². The third-order valence-electron chi connectivity index (χ3n) is 4.73. The van der Waals surface area contributed by atoms with Crippen LogP contribution in [0.15, 0.2) is 72.8 Å². The van der Waals surface area contributed by atoms with Crippen LogP contribution in [0, 0.1) is 20.8 Å². The molecule has 25 heavy (non-hydrogen) atoms. The van der Waals surface area contributed by atoms with Crippen LogP contribution >= 0.6 is 0 Å². The highest BCUT2D eigenvalue weighted by atomic mass is 14.2. The predicted octanol–water partition coefficient (Wildman–Crippen LogP) is 7.48. The van der Waals surface area contributed by atoms with Crippen molar-refractivity contribution in [3.05, 3.63) is 95.1 Å². The maximum absolute atomic E-state index is 2.32. The van der Waals surface area contributed by atoms with E-state index in [1.165, 1.54) is 39.8 Å². The lowest BCUT2D eigenvalue weighted by atomic mass is 9.87. The van der Waals surface area contributed by atoms with Gasteiger partial charge in [-0.1, -0.05) is 97.8 Å². The van der Waals surface area contributed by atoms with Crippen LogP contribution in [0.25, 0.3) is 11.1 Å². The van der Waals surface area contributed by atoms with E-state index in [4.69, 9.17) is 0 Å². The molecule has 0 amide bonds. The molecule has 3 aromatic carbocycles. The Hall–Kier alpha value is -2.34. The van der Waals surface area contributed by atoms with E-state index in [0.29, 0.717) is 5.92 Å². The van der Waals surface area contributed by atoms with E-state index in [2.05, 4.69) is 89.2 Å². The summed E-state index contributed by atoms with van der Waals surface area (Å²) in [6, 6.07) is 25.8. The normalized spacial score (nSPS) is 11.4. The number of rotatable bonds is 3. The van der Waals surface area contributed by atoms with E-state index < -0.39 is 0 Å². The van der Waals surface area contributed by atoms with Gasteiger partial charge in [-0.15, -0.1) is 0 Å². The molecule has 0 heterocycles. The van der Waals surface area contributed by atoms with Gasteiger partial charge in [-0.05, 0) is 55.4 Å². The molecule has 0 nitrogen and oxygen atoms in total. The van der Waals surface area contributed by atoms with E-state index in [9.17, 15) is 0 Å². The first kappa shape index (κ1) is 19.0. The standard InChI is InChI=1S/C18H22.C7H8/c1-5-14(3)17-11-10-13(2)12-18(17)16-9-7-6-8-15(16)4;1-7-5-3-2-4-6-7/h6-12,14H,5H2,1-4H3;2-6H,1H3. The largest absolute Gasteiger partial charge is 0.0648 e. The third-order valence-corrected chi connectivity index (χ3v) is 4.73. The Kier molecular flexibility index (Phi) is 7.01. The second kappa shape index (κ2) is 9.22. The van der Waals surface area contributed by atoms with Crippen molar-refractivity contribution in [1.29, 1.82) is 0 Å². The van der Waals surface area contributed by atoms with Crippen molar-refractivity contribution >= 4 is 0 Å². The topological polar surface area (TPSA) is 0 Å². The maximum Gasteiger partial charge on any atom is -0.0144 e. The van der Waals surface area contributed by atoms with E-state index >= 15 is 0 Å². The minimum absolute atomic E-state index is 0.611. The van der Waals surface area contributed by atoms with Crippen molar-refractivity contribution < 1.29 is 0 Å². The summed E-state index contributed by atoms with van der Waals surface area (Å²) >= 11 is 0. The van der Waals surface area contributed by atoms with Crippen LogP contribution < -0.4 is 0 Å². The fourth-order valence-electron chi connectivity index (χ4n) is 2.96. The second-order valence-electron chi connectivity index (χ2n) is 6.87. The van der Waals surface area contributed by atoms with Crippen LogP contribution in [0.3, 0.4) is 0 Å². The van der Waals surface area contributed by atoms with Gasteiger partial charge in [-0.25, -0.2) is 0 Å². The van der Waals surface area contributed by atoms with Crippen LogP contribution in [0.5, 0.6) is 0 Å². The highest BCUT2D eigenvalue weighted by Gasteiger charge is 2.12. The zero-order chi connectivity index (χ0) is 18.2. The third kappa shape index (κ3) is 5.32. The van der Waals surface area contributed by atoms with Gasteiger partial charge in [-0.3, -0.25) is 0 Å². The Labute approximate surface area is 153 Å². The van der Waals surface area contributed by atoms with Crippen LogP contribution in [0.1, 0.15) is 48.4 Å². The summed E-state index contributed by atoms with van der Waals surface area (Å²) in [6.45, 7) is 11.0. The van der Waals surface area contributed by atoms with Crippen molar-refractivity contribution in [2.75, 3.05) is 0 Å². The van der Waals surface area contributed by atoms with Gasteiger partial charge in [0.15, 0.2) is 0 Å². The quantitative estimate of drug-likeness (QED) is 0.467. The van der Waals surface area contributed by atoms with Crippen molar-refractivity contribution in [3.8, 4) is 11.1 Å². The number of hydrogen-bond donors (Lipinski definition) is 0. The molecule has 0 aliphatic rings. The summed E-state index contributed by atoms with van der Waals surface area (Å²) in [7, 11) is 0. The van der Waals surface area contributed by atoms with Crippen LogP contribution in [0.4, 0.5) is 0 Å². The fraction of sp³-hybridized carbons (Fsp3) is 0.280. The van der Waals surface area contributed by atoms with Gasteiger partial charge >= 0.3 is 0 Å². The molecular weight excluding hydrogens is 300 g/mol. The summed E-state index contributed by atoms with van der Waals surface area (Å²) in [5.74, 6) is 0.611. The number of aryl methyl sites for hydroxylation is 3. The molecule has 0 heteroatoms. The van der Waals surface area contributed by atoms with Crippen LogP contribution in [-0.2, 0) is 0 Å². The first-order chi connectivity index (χ1) is 12.0. The smallest absolute Gasteiger partial charge is 0.0144 e. The monoisotopic (exact) mass is 330 g/mol. The molecule has 0 aliphatic heterocycles. The second-order valence-corrected chi connectivity index (χ2v) is 6.87. The maximum atomic E-state index is 2.32. The number of benzene rings is 3. The molecule has 0 bridgehead atoms. The van der Waals surface area contributed by atoms with Gasteiger partial charge in [-0.2, -0.15) is 0 Å². The molecule has 1 unspecified atom stereocenters. The van der Waals surface area contributed by atoms with Crippen molar-refractivity contribution in [3.63, 3.8) is 0 Å². The average molecular weight is 331 g/mol. The van der Waals surface area contributed by atoms with Crippen molar-refractivity contribution in [2.45, 2.75) is 47.0 Å². The first-order valence-electron chi connectivity index (χ1n) is 9.21. The molecule has 0 saturated carbocycles. The zero-order valence-corrected chi connectivity index (χ0v) is 16.2. The summed E-state index contributed by atoms with van der Waals surface area (Å²) in [5.41, 5.74) is 8.26. The molecule has 1 atom stereocenters. The van der Waals surface area contributed by atoms with Gasteiger partial charge in [0.2, 0.25) is 0 Å². The summed E-state index contributed by atoms with van der Waals surface area (Å²) in [6.07, 6.45) is 1.18. The van der Waals surface area contributed by atoms with Gasteiger partial charge in [0.05, 0.1) is 0 Å². The first-order valence-corrected chi connectivity index (χ1v) is 9.21. The lowest BCUT2D eigenvalue weighted by Crippen LogP contribution is -1.97. The highest BCUT2D eigenvalue weighted by Crippen LogP contribution is 2.33. The lowest BCUT2D eigenvalue weighted by molar-refractivity contribution is 0.735. The van der Waals surface area contributed by atoms with Gasteiger partial charge in [0.1, 0.15) is 0 Å². The van der Waals surface area contributed by atoms with E-state index in [1.54, 1.807) is 0 Å². The van der Waals surface area contributed by atoms with Crippen LogP contribution in [0.2, 0.25) is 0 Å². The molecule has 3 rings (SSSR count). The molecule has 0 spiro atoms. The molecule has 0 aromatic heterocycles. The van der Waals surface area contributed by atoms with Crippen LogP contribution in [-0.4, -0.2) is 0 Å². The molecule has 0 N–H and O–H groups in total. The molecule has 0 aliphatic carbocycles.